The van der Waals surface area contributed by atoms with Gasteiger partial charge in [0.2, 0.25) is 5.13 Å². The molecule has 0 unspecified atom stereocenters. The predicted molar refractivity (Wildman–Crippen MR) is 74.2 cm³/mol. The molecule has 5 nitrogen and oxygen atoms in total. The number of urea groups is 1. The number of nitrogens with zero attached hydrogens (tertiary/aromatic N) is 3. The molecule has 1 heterocycles. The Bertz CT molecular complexity index is 584. The maximum absolute atomic E-state index is 12.2. The molecule has 19 heavy (non-hydrogen) atoms. The number of anilines is 1. The standard InChI is InChI=1S/C13H14N4OS/c1-17(13(18)15-12-16-14-8-19-12)11-7-6-9-4-2-3-5-10(9)11/h2-5,8,11H,6-7H2,1H3,(H,15,16,18)/t11-/m0/s1. The summed E-state index contributed by atoms with van der Waals surface area (Å²) in [5.74, 6) is 0. The van der Waals surface area contributed by atoms with Gasteiger partial charge >= 0.3 is 6.03 Å². The molecule has 1 N–H and O–H groups in total. The molecule has 98 valence electrons. The van der Waals surface area contributed by atoms with E-state index in [4.69, 9.17) is 0 Å². The predicted octanol–water partition coefficient (Wildman–Crippen LogP) is 2.69. The van der Waals surface area contributed by atoms with E-state index >= 15 is 0 Å². The third kappa shape index (κ3) is 2.31. The molecule has 0 spiro atoms. The maximum Gasteiger partial charge on any atom is 0.323 e. The summed E-state index contributed by atoms with van der Waals surface area (Å²) < 4.78 is 0. The number of rotatable bonds is 2. The number of amides is 2. The molecule has 0 saturated heterocycles. The van der Waals surface area contributed by atoms with E-state index in [0.29, 0.717) is 5.13 Å². The second-order valence-corrected chi connectivity index (χ2v) is 5.37. The largest absolute Gasteiger partial charge is 0.323 e. The van der Waals surface area contributed by atoms with Crippen molar-refractivity contribution in [3.05, 3.63) is 40.9 Å². The Morgan fingerprint density at radius 2 is 2.32 bits per heavy atom. The van der Waals surface area contributed by atoms with Crippen molar-refractivity contribution in [1.82, 2.24) is 15.1 Å². The molecular formula is C13H14N4OS. The molecule has 1 aliphatic rings. The molecule has 3 rings (SSSR count). The van der Waals surface area contributed by atoms with Gasteiger partial charge in [0.1, 0.15) is 5.51 Å². The van der Waals surface area contributed by atoms with Crippen LogP contribution in [0.3, 0.4) is 0 Å². The number of nitrogens with one attached hydrogen (secondary N) is 1. The summed E-state index contributed by atoms with van der Waals surface area (Å²) in [7, 11) is 1.82. The molecule has 1 aromatic heterocycles. The molecule has 0 fully saturated rings. The van der Waals surface area contributed by atoms with Crippen molar-refractivity contribution in [3.8, 4) is 0 Å². The zero-order chi connectivity index (χ0) is 13.2. The maximum atomic E-state index is 12.2. The Balaban J connectivity index is 1.74. The van der Waals surface area contributed by atoms with Crippen LogP contribution in [0.5, 0.6) is 0 Å². The first kappa shape index (κ1) is 12.1. The van der Waals surface area contributed by atoms with Gasteiger partial charge in [0.05, 0.1) is 6.04 Å². The average molecular weight is 274 g/mol. The number of hydrogen-bond acceptors (Lipinski definition) is 4. The lowest BCUT2D eigenvalue weighted by Gasteiger charge is -2.25. The van der Waals surface area contributed by atoms with Crippen LogP contribution in [0.1, 0.15) is 23.6 Å². The number of benzene rings is 1. The zero-order valence-corrected chi connectivity index (χ0v) is 11.4. The Morgan fingerprint density at radius 3 is 3.11 bits per heavy atom. The highest BCUT2D eigenvalue weighted by molar-refractivity contribution is 7.13. The highest BCUT2D eigenvalue weighted by Crippen LogP contribution is 2.34. The molecule has 0 saturated carbocycles. The van der Waals surface area contributed by atoms with Crippen molar-refractivity contribution in [2.45, 2.75) is 18.9 Å². The quantitative estimate of drug-likeness (QED) is 0.916. The Morgan fingerprint density at radius 1 is 1.47 bits per heavy atom. The first-order valence-corrected chi connectivity index (χ1v) is 7.01. The van der Waals surface area contributed by atoms with Gasteiger partial charge in [-0.05, 0) is 24.0 Å². The van der Waals surface area contributed by atoms with Crippen LogP contribution in [0.2, 0.25) is 0 Å². The van der Waals surface area contributed by atoms with E-state index in [9.17, 15) is 4.79 Å². The Labute approximate surface area is 115 Å². The summed E-state index contributed by atoms with van der Waals surface area (Å²) in [5, 5.41) is 10.8. The van der Waals surface area contributed by atoms with Crippen molar-refractivity contribution in [2.75, 3.05) is 12.4 Å². The summed E-state index contributed by atoms with van der Waals surface area (Å²) in [6, 6.07) is 8.30. The minimum absolute atomic E-state index is 0.140. The molecule has 2 amide bonds. The van der Waals surface area contributed by atoms with E-state index in [1.807, 2.05) is 19.2 Å². The van der Waals surface area contributed by atoms with Crippen LogP contribution in [0.15, 0.2) is 29.8 Å². The van der Waals surface area contributed by atoms with E-state index in [0.717, 1.165) is 12.8 Å². The second kappa shape index (κ2) is 4.97. The third-order valence-electron chi connectivity index (χ3n) is 3.46. The van der Waals surface area contributed by atoms with E-state index in [1.54, 1.807) is 10.4 Å². The molecule has 0 bridgehead atoms. The highest BCUT2D eigenvalue weighted by Gasteiger charge is 2.28. The number of carbonyl (C=O) groups is 1. The van der Waals surface area contributed by atoms with Crippen LogP contribution in [0.25, 0.3) is 0 Å². The van der Waals surface area contributed by atoms with Gasteiger partial charge in [0.15, 0.2) is 0 Å². The number of hydrogen-bond donors (Lipinski definition) is 1. The van der Waals surface area contributed by atoms with Crippen molar-refractivity contribution < 1.29 is 4.79 Å². The topological polar surface area (TPSA) is 58.1 Å². The van der Waals surface area contributed by atoms with Crippen LogP contribution in [-0.2, 0) is 6.42 Å². The van der Waals surface area contributed by atoms with Gasteiger partial charge in [0, 0.05) is 7.05 Å². The van der Waals surface area contributed by atoms with Crippen molar-refractivity contribution >= 4 is 22.5 Å². The second-order valence-electron chi connectivity index (χ2n) is 4.54. The van der Waals surface area contributed by atoms with E-state index in [-0.39, 0.29) is 12.1 Å². The zero-order valence-electron chi connectivity index (χ0n) is 10.5. The Kier molecular flexibility index (Phi) is 3.16. The van der Waals surface area contributed by atoms with E-state index in [1.165, 1.54) is 22.5 Å². The molecule has 6 heteroatoms. The molecule has 0 aliphatic heterocycles. The van der Waals surface area contributed by atoms with Crippen LogP contribution < -0.4 is 5.32 Å². The third-order valence-corrected chi connectivity index (χ3v) is 4.07. The van der Waals surface area contributed by atoms with Gasteiger partial charge in [-0.25, -0.2) is 4.79 Å². The van der Waals surface area contributed by atoms with Gasteiger partial charge in [-0.1, -0.05) is 35.6 Å². The van der Waals surface area contributed by atoms with Gasteiger partial charge in [-0.2, -0.15) is 0 Å². The van der Waals surface area contributed by atoms with Crippen LogP contribution >= 0.6 is 11.3 Å². The summed E-state index contributed by atoms with van der Waals surface area (Å²) in [4.78, 5) is 13.9. The summed E-state index contributed by atoms with van der Waals surface area (Å²) in [6.45, 7) is 0. The molecular weight excluding hydrogens is 260 g/mol. The summed E-state index contributed by atoms with van der Waals surface area (Å²) in [5.41, 5.74) is 4.18. The van der Waals surface area contributed by atoms with Gasteiger partial charge in [-0.3, -0.25) is 5.32 Å². The highest BCUT2D eigenvalue weighted by atomic mass is 32.1. The molecule has 1 aliphatic carbocycles. The SMILES string of the molecule is CN(C(=O)Nc1nncs1)[C@H]1CCc2ccccc21. The molecule has 2 aromatic rings. The lowest BCUT2D eigenvalue weighted by Crippen LogP contribution is -2.33. The first-order chi connectivity index (χ1) is 9.25. The average Bonchev–Trinajstić information content (AvgIpc) is 3.06. The van der Waals surface area contributed by atoms with Gasteiger partial charge in [0.25, 0.3) is 0 Å². The lowest BCUT2D eigenvalue weighted by molar-refractivity contribution is 0.204. The number of aromatic nitrogens is 2. The number of aryl methyl sites for hydroxylation is 1. The van der Waals surface area contributed by atoms with Gasteiger partial charge in [-0.15, -0.1) is 10.2 Å². The van der Waals surface area contributed by atoms with E-state index < -0.39 is 0 Å². The fourth-order valence-electron chi connectivity index (χ4n) is 2.49. The fraction of sp³-hybridized carbons (Fsp3) is 0.308. The van der Waals surface area contributed by atoms with Crippen molar-refractivity contribution in [3.63, 3.8) is 0 Å². The monoisotopic (exact) mass is 274 g/mol. The molecule has 0 radical (unpaired) electrons. The van der Waals surface area contributed by atoms with Gasteiger partial charge < -0.3 is 4.90 Å². The molecule has 1 aromatic carbocycles. The summed E-state index contributed by atoms with van der Waals surface area (Å²) >= 11 is 1.32. The minimum Gasteiger partial charge on any atom is -0.320 e. The lowest BCUT2D eigenvalue weighted by atomic mass is 10.1. The minimum atomic E-state index is -0.140. The summed E-state index contributed by atoms with van der Waals surface area (Å²) in [6.07, 6.45) is 2.00. The number of carbonyl (C=O) groups excluding carboxylic acids is 1. The normalized spacial score (nSPS) is 17.0. The molecule has 1 atom stereocenters. The van der Waals surface area contributed by atoms with E-state index in [2.05, 4.69) is 27.6 Å². The van der Waals surface area contributed by atoms with Crippen LogP contribution in [0, 0.1) is 0 Å². The van der Waals surface area contributed by atoms with Crippen molar-refractivity contribution in [1.29, 1.82) is 0 Å². The smallest absolute Gasteiger partial charge is 0.320 e. The van der Waals surface area contributed by atoms with Crippen molar-refractivity contribution in [2.24, 2.45) is 0 Å². The van der Waals surface area contributed by atoms with Crippen LogP contribution in [0.4, 0.5) is 9.93 Å². The van der Waals surface area contributed by atoms with Crippen LogP contribution in [-0.4, -0.2) is 28.2 Å². The fourth-order valence-corrected chi connectivity index (χ4v) is 2.92. The number of fused-ring (bicyclic) bond motifs is 1. The Hall–Kier alpha value is -1.95. The first-order valence-electron chi connectivity index (χ1n) is 6.13.